The lowest BCUT2D eigenvalue weighted by atomic mass is 10.1. The van der Waals surface area contributed by atoms with Gasteiger partial charge in [0.1, 0.15) is 5.75 Å². The first-order chi connectivity index (χ1) is 10.2. The Balaban J connectivity index is 2.36. The number of benzene rings is 1. The number of hydrogen-bond acceptors (Lipinski definition) is 4. The minimum atomic E-state index is -0.167. The molecule has 0 atom stereocenters. The van der Waals surface area contributed by atoms with E-state index in [9.17, 15) is 9.59 Å². The molecule has 0 heterocycles. The van der Waals surface area contributed by atoms with E-state index in [1.165, 1.54) is 0 Å². The Labute approximate surface area is 125 Å². The molecule has 5 heteroatoms. The lowest BCUT2D eigenvalue weighted by Crippen LogP contribution is -2.25. The predicted molar refractivity (Wildman–Crippen MR) is 80.5 cm³/mol. The summed E-state index contributed by atoms with van der Waals surface area (Å²) in [5.41, 5.74) is 0.585. The third-order valence-corrected chi connectivity index (χ3v) is 2.89. The van der Waals surface area contributed by atoms with Gasteiger partial charge in [-0.1, -0.05) is 6.92 Å². The summed E-state index contributed by atoms with van der Waals surface area (Å²) in [6.45, 7) is 3.17. The van der Waals surface area contributed by atoms with E-state index < -0.39 is 0 Å². The number of ketones is 1. The number of carbonyl (C=O) groups is 2. The van der Waals surface area contributed by atoms with Crippen LogP contribution in [0.5, 0.6) is 5.75 Å². The molecule has 5 nitrogen and oxygen atoms in total. The average Bonchev–Trinajstić information content (AvgIpc) is 2.51. The highest BCUT2D eigenvalue weighted by molar-refractivity contribution is 5.98. The molecule has 21 heavy (non-hydrogen) atoms. The monoisotopic (exact) mass is 293 g/mol. The molecule has 0 bridgehead atoms. The van der Waals surface area contributed by atoms with E-state index in [2.05, 4.69) is 5.32 Å². The number of aliphatic hydroxyl groups is 1. The normalized spacial score (nSPS) is 10.2. The summed E-state index contributed by atoms with van der Waals surface area (Å²) in [4.78, 5) is 23.4. The first-order valence-electron chi connectivity index (χ1n) is 7.31. The Kier molecular flexibility index (Phi) is 8.12. The van der Waals surface area contributed by atoms with Gasteiger partial charge in [-0.2, -0.15) is 0 Å². The Hall–Kier alpha value is -1.88. The molecular formula is C16H23NO4. The van der Waals surface area contributed by atoms with Crippen molar-refractivity contribution >= 4 is 11.7 Å². The Morgan fingerprint density at radius 3 is 2.52 bits per heavy atom. The Morgan fingerprint density at radius 2 is 1.90 bits per heavy atom. The van der Waals surface area contributed by atoms with Crippen molar-refractivity contribution in [1.82, 2.24) is 5.32 Å². The van der Waals surface area contributed by atoms with Crippen molar-refractivity contribution in [2.45, 2.75) is 32.6 Å². The maximum atomic E-state index is 11.9. The van der Waals surface area contributed by atoms with Crippen molar-refractivity contribution in [3.05, 3.63) is 29.8 Å². The number of ether oxygens (including phenoxy) is 1. The van der Waals surface area contributed by atoms with Gasteiger partial charge in [0, 0.05) is 31.6 Å². The van der Waals surface area contributed by atoms with E-state index in [0.717, 1.165) is 12.2 Å². The molecule has 0 aliphatic heterocycles. The highest BCUT2D eigenvalue weighted by atomic mass is 16.5. The highest BCUT2D eigenvalue weighted by Gasteiger charge is 2.09. The van der Waals surface area contributed by atoms with Crippen LogP contribution in [0.2, 0.25) is 0 Å². The lowest BCUT2D eigenvalue weighted by molar-refractivity contribution is -0.121. The Morgan fingerprint density at radius 1 is 1.19 bits per heavy atom. The van der Waals surface area contributed by atoms with Crippen molar-refractivity contribution in [1.29, 1.82) is 0 Å². The van der Waals surface area contributed by atoms with Gasteiger partial charge in [0.15, 0.2) is 5.78 Å². The van der Waals surface area contributed by atoms with Crippen LogP contribution in [0.4, 0.5) is 0 Å². The molecule has 0 unspecified atom stereocenters. The van der Waals surface area contributed by atoms with Crippen LogP contribution in [0.3, 0.4) is 0 Å². The zero-order valence-corrected chi connectivity index (χ0v) is 12.4. The molecule has 0 saturated heterocycles. The summed E-state index contributed by atoms with van der Waals surface area (Å²) in [6.07, 6.45) is 1.81. The molecule has 0 aliphatic carbocycles. The minimum absolute atomic E-state index is 0.0473. The minimum Gasteiger partial charge on any atom is -0.494 e. The molecule has 0 spiro atoms. The molecule has 0 saturated carbocycles. The molecule has 1 aromatic rings. The maximum Gasteiger partial charge on any atom is 0.220 e. The van der Waals surface area contributed by atoms with Crippen LogP contribution in [0.25, 0.3) is 0 Å². The van der Waals surface area contributed by atoms with Crippen LogP contribution in [-0.2, 0) is 4.79 Å². The molecular weight excluding hydrogens is 270 g/mol. The summed E-state index contributed by atoms with van der Waals surface area (Å²) in [5.74, 6) is 0.518. The van der Waals surface area contributed by atoms with E-state index in [1.54, 1.807) is 24.3 Å². The van der Waals surface area contributed by atoms with E-state index in [0.29, 0.717) is 25.1 Å². The number of carbonyl (C=O) groups excluding carboxylic acids is 2. The van der Waals surface area contributed by atoms with Gasteiger partial charge in [0.25, 0.3) is 0 Å². The van der Waals surface area contributed by atoms with Gasteiger partial charge in [-0.25, -0.2) is 0 Å². The quantitative estimate of drug-likeness (QED) is 0.510. The zero-order chi connectivity index (χ0) is 15.5. The van der Waals surface area contributed by atoms with Crippen LogP contribution >= 0.6 is 0 Å². The lowest BCUT2D eigenvalue weighted by Gasteiger charge is -2.06. The second kappa shape index (κ2) is 9.94. The van der Waals surface area contributed by atoms with E-state index in [-0.39, 0.29) is 31.1 Å². The molecule has 2 N–H and O–H groups in total. The van der Waals surface area contributed by atoms with Crippen molar-refractivity contribution in [3.8, 4) is 5.75 Å². The third-order valence-electron chi connectivity index (χ3n) is 2.89. The number of aliphatic hydroxyl groups excluding tert-OH is 1. The summed E-state index contributed by atoms with van der Waals surface area (Å²) in [5, 5.41) is 11.3. The molecule has 116 valence electrons. The molecule has 0 radical (unpaired) electrons. The van der Waals surface area contributed by atoms with Gasteiger partial charge < -0.3 is 15.2 Å². The van der Waals surface area contributed by atoms with E-state index in [1.807, 2.05) is 6.92 Å². The van der Waals surface area contributed by atoms with Gasteiger partial charge in [-0.05, 0) is 37.1 Å². The molecule has 0 aliphatic rings. The smallest absolute Gasteiger partial charge is 0.220 e. The Bertz CT molecular complexity index is 442. The number of Topliss-reactive ketones (excluding diaryl/α,β-unsaturated/α-hetero) is 1. The fourth-order valence-electron chi connectivity index (χ4n) is 1.72. The number of amides is 1. The van der Waals surface area contributed by atoms with Gasteiger partial charge in [-0.3, -0.25) is 9.59 Å². The van der Waals surface area contributed by atoms with E-state index in [4.69, 9.17) is 9.84 Å². The summed E-state index contributed by atoms with van der Waals surface area (Å²) < 4.78 is 5.45. The molecule has 1 aromatic carbocycles. The van der Waals surface area contributed by atoms with Crippen LogP contribution in [0, 0.1) is 0 Å². The third kappa shape index (κ3) is 6.90. The second-order valence-electron chi connectivity index (χ2n) is 4.72. The average molecular weight is 293 g/mol. The van der Waals surface area contributed by atoms with E-state index >= 15 is 0 Å². The fourth-order valence-corrected chi connectivity index (χ4v) is 1.72. The second-order valence-corrected chi connectivity index (χ2v) is 4.72. The van der Waals surface area contributed by atoms with Gasteiger partial charge >= 0.3 is 0 Å². The maximum absolute atomic E-state index is 11.9. The van der Waals surface area contributed by atoms with Crippen molar-refractivity contribution in [2.24, 2.45) is 0 Å². The van der Waals surface area contributed by atoms with Gasteiger partial charge in [0.05, 0.1) is 6.61 Å². The molecule has 1 rings (SSSR count). The zero-order valence-electron chi connectivity index (χ0n) is 12.4. The standard InChI is InChI=1S/C16H23NO4/c1-2-12-21-14-6-4-13(5-7-14)15(19)8-9-16(20)17-10-3-11-18/h4-7,18H,2-3,8-12H2,1H3,(H,17,20). The summed E-state index contributed by atoms with van der Waals surface area (Å²) >= 11 is 0. The largest absolute Gasteiger partial charge is 0.494 e. The van der Waals surface area contributed by atoms with Crippen molar-refractivity contribution in [2.75, 3.05) is 19.8 Å². The van der Waals surface area contributed by atoms with Crippen LogP contribution < -0.4 is 10.1 Å². The van der Waals surface area contributed by atoms with Crippen molar-refractivity contribution < 1.29 is 19.4 Å². The predicted octanol–water partition coefficient (Wildman–Crippen LogP) is 1.94. The van der Waals surface area contributed by atoms with Crippen LogP contribution in [0.15, 0.2) is 24.3 Å². The fraction of sp³-hybridized carbons (Fsp3) is 0.500. The number of nitrogens with one attached hydrogen (secondary N) is 1. The van der Waals surface area contributed by atoms with Crippen LogP contribution in [-0.4, -0.2) is 36.6 Å². The SMILES string of the molecule is CCCOc1ccc(C(=O)CCC(=O)NCCCO)cc1. The number of hydrogen-bond donors (Lipinski definition) is 2. The summed E-state index contributed by atoms with van der Waals surface area (Å²) in [6, 6.07) is 6.97. The van der Waals surface area contributed by atoms with Gasteiger partial charge in [-0.15, -0.1) is 0 Å². The topological polar surface area (TPSA) is 75.6 Å². The number of rotatable bonds is 10. The molecule has 0 fully saturated rings. The first kappa shape index (κ1) is 17.2. The molecule has 1 amide bonds. The highest BCUT2D eigenvalue weighted by Crippen LogP contribution is 2.14. The van der Waals surface area contributed by atoms with Gasteiger partial charge in [0.2, 0.25) is 5.91 Å². The molecule has 0 aromatic heterocycles. The van der Waals surface area contributed by atoms with Crippen LogP contribution in [0.1, 0.15) is 43.0 Å². The first-order valence-corrected chi connectivity index (χ1v) is 7.31. The summed E-state index contributed by atoms with van der Waals surface area (Å²) in [7, 11) is 0. The van der Waals surface area contributed by atoms with Crippen molar-refractivity contribution in [3.63, 3.8) is 0 Å².